The smallest absolute Gasteiger partial charge is 0.270 e. The summed E-state index contributed by atoms with van der Waals surface area (Å²) in [4.78, 5) is 78.1. The van der Waals surface area contributed by atoms with Crippen LogP contribution in [0.4, 0.5) is 0 Å². The normalized spacial score (nSPS) is 28.8. The van der Waals surface area contributed by atoms with Gasteiger partial charge >= 0.3 is 0 Å². The Labute approximate surface area is 257 Å². The predicted molar refractivity (Wildman–Crippen MR) is 155 cm³/mol. The molecule has 0 radical (unpaired) electrons. The maximum Gasteiger partial charge on any atom is 0.270 e. The van der Waals surface area contributed by atoms with Crippen LogP contribution in [0.2, 0.25) is 0 Å². The number of aliphatic hydroxyl groups excluding tert-OH is 3. The lowest BCUT2D eigenvalue weighted by atomic mass is 10.0. The summed E-state index contributed by atoms with van der Waals surface area (Å²) in [5.41, 5.74) is 16.3. The molecule has 2 aliphatic rings. The van der Waals surface area contributed by atoms with E-state index in [1.807, 2.05) is 0 Å². The van der Waals surface area contributed by atoms with Crippen molar-refractivity contribution in [3.05, 3.63) is 11.9 Å². The van der Waals surface area contributed by atoms with Gasteiger partial charge in [0, 0.05) is 31.6 Å². The quantitative estimate of drug-likeness (QED) is 0.104. The summed E-state index contributed by atoms with van der Waals surface area (Å²) in [5.74, 6) is -6.38. The van der Waals surface area contributed by atoms with Gasteiger partial charge in [0.15, 0.2) is 5.96 Å². The molecule has 2 aliphatic heterocycles. The third-order valence-corrected chi connectivity index (χ3v) is 6.75. The van der Waals surface area contributed by atoms with Crippen molar-refractivity contribution in [1.29, 1.82) is 5.41 Å². The zero-order valence-corrected chi connectivity index (χ0v) is 24.3. The van der Waals surface area contributed by atoms with Crippen molar-refractivity contribution in [2.24, 2.45) is 17.2 Å². The van der Waals surface area contributed by atoms with Crippen LogP contribution in [0.1, 0.15) is 25.7 Å². The summed E-state index contributed by atoms with van der Waals surface area (Å²) in [5, 5.41) is 56.1. The minimum Gasteiger partial charge on any atom is -0.403 e. The number of hydrogen-bond donors (Lipinski definition) is 15. The lowest BCUT2D eigenvalue weighted by Gasteiger charge is -2.35. The summed E-state index contributed by atoms with van der Waals surface area (Å²) in [6.45, 7) is -2.20. The van der Waals surface area contributed by atoms with Crippen molar-refractivity contribution in [2.75, 3.05) is 26.3 Å². The van der Waals surface area contributed by atoms with Crippen molar-refractivity contribution in [3.63, 3.8) is 0 Å². The predicted octanol–water partition coefficient (Wildman–Crippen LogP) is -8.38. The van der Waals surface area contributed by atoms with Crippen molar-refractivity contribution >= 4 is 41.4 Å². The first kappa shape index (κ1) is 36.6. The van der Waals surface area contributed by atoms with E-state index >= 15 is 0 Å². The Bertz CT molecular complexity index is 1150. The Balaban J connectivity index is 2.46. The third-order valence-electron chi connectivity index (χ3n) is 6.75. The largest absolute Gasteiger partial charge is 0.403 e. The fraction of sp³-hybridized carbons (Fsp3) is 0.625. The third kappa shape index (κ3) is 11.1. The van der Waals surface area contributed by atoms with E-state index in [0.29, 0.717) is 25.6 Å². The van der Waals surface area contributed by atoms with Crippen LogP contribution < -0.4 is 59.7 Å². The maximum atomic E-state index is 13.4. The summed E-state index contributed by atoms with van der Waals surface area (Å²) < 4.78 is 0. The molecule has 2 saturated heterocycles. The van der Waals surface area contributed by atoms with Gasteiger partial charge in [0.05, 0.1) is 19.3 Å². The molecule has 7 atom stereocenters. The number of amides is 6. The highest BCUT2D eigenvalue weighted by molar-refractivity contribution is 6.02. The van der Waals surface area contributed by atoms with Gasteiger partial charge in [-0.2, -0.15) is 0 Å². The number of carbonyl (C=O) groups excluding carboxylic acids is 6. The summed E-state index contributed by atoms with van der Waals surface area (Å²) in [7, 11) is 0. The SMILES string of the molecule is N=C1NC([C@@H]2NC(=O)/C(=C/N)NC(=O)[C@H](CO)NC(=O)[C@H](CO)NC(=O)[C@@H](NC(=O)C[C@@H](N)CCCN)CNC2=O)C[C@H](O)N1. The molecular weight excluding hydrogens is 600 g/mol. The lowest BCUT2D eigenvalue weighted by molar-refractivity contribution is -0.135. The molecule has 6 amide bonds. The second-order valence-corrected chi connectivity index (χ2v) is 10.3. The lowest BCUT2D eigenvalue weighted by Crippen LogP contribution is -2.66. The van der Waals surface area contributed by atoms with Gasteiger partial charge in [-0.3, -0.25) is 34.2 Å². The zero-order chi connectivity index (χ0) is 33.7. The number of rotatable bonds is 9. The minimum absolute atomic E-state index is 0.201. The van der Waals surface area contributed by atoms with E-state index in [-0.39, 0.29) is 18.8 Å². The number of hydrogen-bond acceptors (Lipinski definition) is 13. The first-order chi connectivity index (χ1) is 21.3. The van der Waals surface area contributed by atoms with Crippen LogP contribution in [0.15, 0.2) is 11.9 Å². The van der Waals surface area contributed by atoms with Crippen molar-refractivity contribution in [1.82, 2.24) is 42.5 Å². The van der Waals surface area contributed by atoms with Crippen LogP contribution in [0.3, 0.4) is 0 Å². The molecule has 0 saturated carbocycles. The first-order valence-corrected chi connectivity index (χ1v) is 14.0. The minimum atomic E-state index is -1.69. The van der Waals surface area contributed by atoms with Gasteiger partial charge in [0.2, 0.25) is 29.5 Å². The molecule has 0 aromatic rings. The van der Waals surface area contributed by atoms with Crippen LogP contribution in [0, 0.1) is 5.41 Å². The summed E-state index contributed by atoms with van der Waals surface area (Å²) in [6, 6.07) is -8.18. The van der Waals surface area contributed by atoms with Gasteiger partial charge in [0.25, 0.3) is 5.91 Å². The molecule has 2 rings (SSSR count). The highest BCUT2D eigenvalue weighted by Gasteiger charge is 2.37. The average Bonchev–Trinajstić information content (AvgIpc) is 2.99. The monoisotopic (exact) mass is 642 g/mol. The van der Waals surface area contributed by atoms with Crippen LogP contribution >= 0.6 is 0 Å². The van der Waals surface area contributed by atoms with Gasteiger partial charge in [-0.05, 0) is 19.4 Å². The second-order valence-electron chi connectivity index (χ2n) is 10.3. The Morgan fingerprint density at radius 1 is 0.978 bits per heavy atom. The number of carbonyl (C=O) groups is 6. The molecule has 45 heavy (non-hydrogen) atoms. The molecule has 0 aromatic heterocycles. The molecule has 18 N–H and O–H groups in total. The summed E-state index contributed by atoms with van der Waals surface area (Å²) in [6.07, 6.45) is -0.0692. The van der Waals surface area contributed by atoms with Gasteiger partial charge in [-0.25, -0.2) is 0 Å². The number of nitrogens with one attached hydrogen (secondary N) is 9. The van der Waals surface area contributed by atoms with E-state index < -0.39 is 103 Å². The molecule has 21 heteroatoms. The first-order valence-electron chi connectivity index (χ1n) is 14.0. The van der Waals surface area contributed by atoms with E-state index in [2.05, 4.69) is 42.5 Å². The van der Waals surface area contributed by atoms with Crippen LogP contribution in [0.5, 0.6) is 0 Å². The standard InChI is InChI=1S/C24H42N12O9/c25-3-1-2-10(27)4-16(39)30-13-7-29-23(45)18(11-5-17(40)35-24(28)34-11)36-19(41)12(6-26)31-21(43)14(8-37)33-22(44)15(9-38)32-20(13)42/h6,10-11,13-15,17-18,37-38,40H,1-5,7-9,25-27H2,(H,29,45)(H,30,39)(H,31,43)(H,32,42)(H,33,44)(H,36,41)(H3,28,34,35)/b12-6-/t10-,11?,13-,14-,15-,17-,18-/m0/s1. The molecule has 1 unspecified atom stereocenters. The van der Waals surface area contributed by atoms with E-state index in [1.54, 1.807) is 0 Å². The van der Waals surface area contributed by atoms with Crippen LogP contribution in [-0.4, -0.2) is 126 Å². The van der Waals surface area contributed by atoms with Gasteiger partial charge in [-0.1, -0.05) is 0 Å². The fourth-order valence-electron chi connectivity index (χ4n) is 4.36. The Morgan fingerprint density at radius 2 is 1.62 bits per heavy atom. The Hall–Kier alpha value is -4.57. The maximum absolute atomic E-state index is 13.4. The van der Waals surface area contributed by atoms with E-state index in [0.717, 1.165) is 0 Å². The average molecular weight is 643 g/mol. The molecule has 21 nitrogen and oxygen atoms in total. The molecule has 2 heterocycles. The highest BCUT2D eigenvalue weighted by Crippen LogP contribution is 2.09. The topological polar surface area (TPSA) is 361 Å². The molecule has 252 valence electrons. The molecule has 0 spiro atoms. The fourth-order valence-corrected chi connectivity index (χ4v) is 4.36. The number of aliphatic hydroxyl groups is 3. The second kappa shape index (κ2) is 17.7. The molecule has 0 aromatic carbocycles. The van der Waals surface area contributed by atoms with E-state index in [9.17, 15) is 44.1 Å². The van der Waals surface area contributed by atoms with Crippen molar-refractivity contribution in [3.8, 4) is 0 Å². The van der Waals surface area contributed by atoms with Gasteiger partial charge in [0.1, 0.15) is 36.1 Å². The zero-order valence-electron chi connectivity index (χ0n) is 24.3. The molecule has 0 aliphatic carbocycles. The Kier molecular flexibility index (Phi) is 14.4. The van der Waals surface area contributed by atoms with E-state index in [4.69, 9.17) is 22.6 Å². The van der Waals surface area contributed by atoms with Crippen molar-refractivity contribution in [2.45, 2.75) is 68.2 Å². The number of nitrogens with two attached hydrogens (primary N) is 3. The molecule has 2 fully saturated rings. The van der Waals surface area contributed by atoms with Gasteiger partial charge in [-0.15, -0.1) is 0 Å². The van der Waals surface area contributed by atoms with Crippen LogP contribution in [-0.2, 0) is 28.8 Å². The van der Waals surface area contributed by atoms with Gasteiger partial charge < -0.3 is 75.1 Å². The molecule has 0 bridgehead atoms. The van der Waals surface area contributed by atoms with E-state index in [1.165, 1.54) is 0 Å². The molecular formula is C24H42N12O9. The van der Waals surface area contributed by atoms with Crippen molar-refractivity contribution < 1.29 is 44.1 Å². The Morgan fingerprint density at radius 3 is 2.22 bits per heavy atom. The summed E-state index contributed by atoms with van der Waals surface area (Å²) >= 11 is 0. The number of guanidine groups is 1. The van der Waals surface area contributed by atoms with Crippen LogP contribution in [0.25, 0.3) is 0 Å². The highest BCUT2D eigenvalue weighted by atomic mass is 16.3.